The van der Waals surface area contributed by atoms with E-state index in [-0.39, 0.29) is 31.7 Å². The number of nitriles is 1. The summed E-state index contributed by atoms with van der Waals surface area (Å²) < 4.78 is 38.1. The van der Waals surface area contributed by atoms with Crippen LogP contribution in [-0.2, 0) is 6.18 Å². The van der Waals surface area contributed by atoms with E-state index in [9.17, 15) is 13.2 Å². The highest BCUT2D eigenvalue weighted by Gasteiger charge is 2.32. The van der Waals surface area contributed by atoms with Crippen LogP contribution in [-0.4, -0.2) is 9.97 Å². The molecule has 0 saturated carbocycles. The summed E-state index contributed by atoms with van der Waals surface area (Å²) in [6.07, 6.45) is -4.55. The molecular formula is C11H3BrCl2F3N3. The highest BCUT2D eigenvalue weighted by molar-refractivity contribution is 9.10. The molecule has 0 aliphatic heterocycles. The van der Waals surface area contributed by atoms with Gasteiger partial charge in [-0.25, -0.2) is 4.98 Å². The fourth-order valence-corrected chi connectivity index (χ4v) is 2.54. The molecule has 0 saturated heterocycles. The van der Waals surface area contributed by atoms with Crippen LogP contribution in [0.15, 0.2) is 16.7 Å². The Labute approximate surface area is 129 Å². The van der Waals surface area contributed by atoms with Crippen molar-refractivity contribution >= 4 is 39.1 Å². The molecule has 104 valence electrons. The van der Waals surface area contributed by atoms with Crippen LogP contribution in [0.2, 0.25) is 10.0 Å². The third-order valence-corrected chi connectivity index (χ3v) is 3.55. The van der Waals surface area contributed by atoms with Crippen LogP contribution < -0.4 is 0 Å². The maximum Gasteiger partial charge on any atom is 0.416 e. The minimum Gasteiger partial charge on any atom is -0.329 e. The molecule has 1 N–H and O–H groups in total. The van der Waals surface area contributed by atoms with E-state index in [1.165, 1.54) is 0 Å². The lowest BCUT2D eigenvalue weighted by molar-refractivity contribution is -0.137. The van der Waals surface area contributed by atoms with Gasteiger partial charge in [0.05, 0.1) is 21.2 Å². The molecule has 0 spiro atoms. The number of aromatic amines is 1. The summed E-state index contributed by atoms with van der Waals surface area (Å²) in [5, 5.41) is 8.38. The Morgan fingerprint density at radius 3 is 2.20 bits per heavy atom. The Morgan fingerprint density at radius 2 is 1.80 bits per heavy atom. The summed E-state index contributed by atoms with van der Waals surface area (Å²) in [5.74, 6) is 0.108. The van der Waals surface area contributed by atoms with Crippen LogP contribution in [0.5, 0.6) is 0 Å². The molecule has 0 amide bonds. The number of hydrogen-bond acceptors (Lipinski definition) is 2. The van der Waals surface area contributed by atoms with E-state index in [4.69, 9.17) is 28.5 Å². The lowest BCUT2D eigenvalue weighted by Gasteiger charge is -2.10. The van der Waals surface area contributed by atoms with Gasteiger partial charge in [-0.2, -0.15) is 18.4 Å². The number of nitrogens with zero attached hydrogens (tertiary/aromatic N) is 2. The number of hydrogen-bond donors (Lipinski definition) is 1. The van der Waals surface area contributed by atoms with Gasteiger partial charge in [-0.1, -0.05) is 23.2 Å². The van der Waals surface area contributed by atoms with E-state index >= 15 is 0 Å². The number of rotatable bonds is 1. The molecular weight excluding hydrogens is 382 g/mol. The van der Waals surface area contributed by atoms with Crippen molar-refractivity contribution in [2.75, 3.05) is 0 Å². The van der Waals surface area contributed by atoms with Gasteiger partial charge in [-0.3, -0.25) is 0 Å². The van der Waals surface area contributed by atoms with Gasteiger partial charge in [0.1, 0.15) is 16.5 Å². The molecule has 0 atom stereocenters. The van der Waals surface area contributed by atoms with E-state index in [1.807, 2.05) is 6.07 Å². The van der Waals surface area contributed by atoms with Crippen molar-refractivity contribution in [2.24, 2.45) is 0 Å². The first kappa shape index (κ1) is 15.2. The van der Waals surface area contributed by atoms with Gasteiger partial charge in [0.15, 0.2) is 5.69 Å². The van der Waals surface area contributed by atoms with Gasteiger partial charge < -0.3 is 4.98 Å². The average Bonchev–Trinajstić information content (AvgIpc) is 2.68. The number of alkyl halides is 3. The highest BCUT2D eigenvalue weighted by Crippen LogP contribution is 2.40. The number of aromatic nitrogens is 2. The Kier molecular flexibility index (Phi) is 4.00. The van der Waals surface area contributed by atoms with E-state index in [0.29, 0.717) is 0 Å². The van der Waals surface area contributed by atoms with Crippen LogP contribution in [0.25, 0.3) is 11.4 Å². The zero-order valence-corrected chi connectivity index (χ0v) is 12.4. The minimum atomic E-state index is -4.55. The topological polar surface area (TPSA) is 52.5 Å². The lowest BCUT2D eigenvalue weighted by Crippen LogP contribution is -2.05. The first-order valence-electron chi connectivity index (χ1n) is 4.96. The third-order valence-electron chi connectivity index (χ3n) is 2.38. The Morgan fingerprint density at radius 1 is 1.25 bits per heavy atom. The summed E-state index contributed by atoms with van der Waals surface area (Å²) in [6, 6.07) is 3.34. The molecule has 0 bridgehead atoms. The molecule has 1 aromatic carbocycles. The van der Waals surface area contributed by atoms with Gasteiger partial charge in [0, 0.05) is 0 Å². The molecule has 1 aromatic heterocycles. The van der Waals surface area contributed by atoms with E-state index in [1.54, 1.807) is 0 Å². The first-order valence-corrected chi connectivity index (χ1v) is 6.51. The molecule has 20 heavy (non-hydrogen) atoms. The highest BCUT2D eigenvalue weighted by atomic mass is 79.9. The molecule has 0 aliphatic carbocycles. The standard InChI is InChI=1S/C11H3BrCl2F3N3/c12-9-7(3-18)19-10(20-9)8-5(13)1-4(2-6(8)14)11(15,16)17/h1-2H,(H,19,20). The number of halogens is 6. The maximum absolute atomic E-state index is 12.6. The second kappa shape index (κ2) is 5.28. The van der Waals surface area contributed by atoms with Crippen molar-refractivity contribution in [3.63, 3.8) is 0 Å². The monoisotopic (exact) mass is 383 g/mol. The molecule has 2 aromatic rings. The minimum absolute atomic E-state index is 0.100. The van der Waals surface area contributed by atoms with Crippen molar-refractivity contribution in [1.82, 2.24) is 9.97 Å². The van der Waals surface area contributed by atoms with Crippen molar-refractivity contribution in [3.05, 3.63) is 38.0 Å². The molecule has 2 rings (SSSR count). The van der Waals surface area contributed by atoms with Gasteiger partial charge in [0.2, 0.25) is 0 Å². The largest absolute Gasteiger partial charge is 0.416 e. The zero-order valence-electron chi connectivity index (χ0n) is 9.32. The normalized spacial score (nSPS) is 11.4. The van der Waals surface area contributed by atoms with Gasteiger partial charge >= 0.3 is 6.18 Å². The molecule has 9 heteroatoms. The van der Waals surface area contributed by atoms with Gasteiger partial charge in [-0.05, 0) is 28.1 Å². The predicted molar refractivity (Wildman–Crippen MR) is 71.5 cm³/mol. The Balaban J connectivity index is 2.61. The summed E-state index contributed by atoms with van der Waals surface area (Å²) in [4.78, 5) is 6.57. The molecule has 0 unspecified atom stereocenters. The summed E-state index contributed by atoms with van der Waals surface area (Å²) in [7, 11) is 0. The quantitative estimate of drug-likeness (QED) is 0.749. The SMILES string of the molecule is N#Cc1[nH]c(-c2c(Cl)cc(C(F)(F)F)cc2Cl)nc1Br. The smallest absolute Gasteiger partial charge is 0.329 e. The van der Waals surface area contributed by atoms with Crippen LogP contribution in [0.4, 0.5) is 13.2 Å². The number of nitrogens with one attached hydrogen (secondary N) is 1. The van der Waals surface area contributed by atoms with Crippen molar-refractivity contribution in [3.8, 4) is 17.5 Å². The third kappa shape index (κ3) is 2.77. The first-order chi connectivity index (χ1) is 9.24. The van der Waals surface area contributed by atoms with Crippen molar-refractivity contribution in [1.29, 1.82) is 5.26 Å². The Hall–Kier alpha value is -1.23. The second-order valence-electron chi connectivity index (χ2n) is 3.68. The number of benzene rings is 1. The van der Waals surface area contributed by atoms with Crippen LogP contribution >= 0.6 is 39.1 Å². The molecule has 1 heterocycles. The molecule has 0 radical (unpaired) electrons. The van der Waals surface area contributed by atoms with Crippen LogP contribution in [0.1, 0.15) is 11.3 Å². The van der Waals surface area contributed by atoms with Crippen molar-refractivity contribution < 1.29 is 13.2 Å². The Bertz CT molecular complexity index is 696. The van der Waals surface area contributed by atoms with Crippen LogP contribution in [0, 0.1) is 11.3 Å². The van der Waals surface area contributed by atoms with E-state index < -0.39 is 11.7 Å². The maximum atomic E-state index is 12.6. The predicted octanol–water partition coefficient (Wildman–Crippen LogP) is 5.04. The fourth-order valence-electron chi connectivity index (χ4n) is 1.51. The second-order valence-corrected chi connectivity index (χ2v) is 5.24. The molecule has 3 nitrogen and oxygen atoms in total. The summed E-state index contributed by atoms with van der Waals surface area (Å²) >= 11 is 14.7. The molecule has 0 fully saturated rings. The number of H-pyrrole nitrogens is 1. The van der Waals surface area contributed by atoms with E-state index in [2.05, 4.69) is 25.9 Å². The van der Waals surface area contributed by atoms with E-state index in [0.717, 1.165) is 12.1 Å². The lowest BCUT2D eigenvalue weighted by atomic mass is 10.1. The summed E-state index contributed by atoms with van der Waals surface area (Å²) in [6.45, 7) is 0. The van der Waals surface area contributed by atoms with Crippen molar-refractivity contribution in [2.45, 2.75) is 6.18 Å². The average molecular weight is 385 g/mol. The summed E-state index contributed by atoms with van der Waals surface area (Å²) in [5.41, 5.74) is -0.738. The van der Waals surface area contributed by atoms with Gasteiger partial charge in [-0.15, -0.1) is 0 Å². The van der Waals surface area contributed by atoms with Gasteiger partial charge in [0.25, 0.3) is 0 Å². The van der Waals surface area contributed by atoms with Crippen LogP contribution in [0.3, 0.4) is 0 Å². The fraction of sp³-hybridized carbons (Fsp3) is 0.0909. The molecule has 0 aliphatic rings. The zero-order chi connectivity index (χ0) is 15.1. The number of imidazole rings is 1.